The number of rotatable bonds is 0. The Kier molecular flexibility index (Phi) is 1.44. The Morgan fingerprint density at radius 3 is 3.18 bits per heavy atom. The van der Waals surface area contributed by atoms with Crippen molar-refractivity contribution in [1.82, 2.24) is 0 Å². The summed E-state index contributed by atoms with van der Waals surface area (Å²) in [5.74, 6) is 0. The molecule has 1 aromatic carbocycles. The smallest absolute Gasteiger partial charge is 0.0986 e. The van der Waals surface area contributed by atoms with Crippen molar-refractivity contribution in [1.29, 1.82) is 0 Å². The van der Waals surface area contributed by atoms with Gasteiger partial charge in [0.1, 0.15) is 0 Å². The summed E-state index contributed by atoms with van der Waals surface area (Å²) >= 11 is 0. The van der Waals surface area contributed by atoms with E-state index < -0.39 is 0 Å². The molecule has 0 spiro atoms. The second-order valence-corrected chi connectivity index (χ2v) is 2.25. The lowest BCUT2D eigenvalue weighted by atomic mass is 10.2. The van der Waals surface area contributed by atoms with E-state index in [-0.39, 0.29) is 0 Å². The summed E-state index contributed by atoms with van der Waals surface area (Å²) in [7, 11) is 0. The number of fused-ring (bicyclic) bond motifs is 1. The quantitative estimate of drug-likeness (QED) is 0.589. The van der Waals surface area contributed by atoms with Crippen LogP contribution in [-0.2, 0) is 0 Å². The number of aliphatic imine (C=N–C) groups is 1. The lowest BCUT2D eigenvalue weighted by Gasteiger charge is -2.00. The molecule has 11 heavy (non-hydrogen) atoms. The van der Waals surface area contributed by atoms with Gasteiger partial charge in [0.05, 0.1) is 6.21 Å². The maximum Gasteiger partial charge on any atom is 0.0986 e. The monoisotopic (exact) mass is 143 g/mol. The Balaban J connectivity index is 2.52. The zero-order valence-corrected chi connectivity index (χ0v) is 5.91. The highest BCUT2D eigenvalue weighted by Gasteiger charge is 1.97. The van der Waals surface area contributed by atoms with Crippen molar-refractivity contribution in [3.05, 3.63) is 42.2 Å². The molecule has 1 aliphatic rings. The molecular weight excluding hydrogens is 136 g/mol. The van der Waals surface area contributed by atoms with E-state index in [0.717, 1.165) is 11.3 Å². The number of nitrogens with zero attached hydrogens (tertiary/aromatic N) is 1. The van der Waals surface area contributed by atoms with E-state index in [4.69, 9.17) is 0 Å². The predicted octanol–water partition coefficient (Wildman–Crippen LogP) is 1.88. The highest BCUT2D eigenvalue weighted by atomic mass is 14.9. The molecule has 2 rings (SSSR count). The van der Waals surface area contributed by atoms with Crippen LogP contribution >= 0.6 is 0 Å². The van der Waals surface area contributed by atoms with Gasteiger partial charge in [0, 0.05) is 23.7 Å². The second-order valence-electron chi connectivity index (χ2n) is 2.25. The van der Waals surface area contributed by atoms with Crippen LogP contribution in [0.1, 0.15) is 5.56 Å². The van der Waals surface area contributed by atoms with Crippen LogP contribution in [0.2, 0.25) is 0 Å². The summed E-state index contributed by atoms with van der Waals surface area (Å²) in [5.41, 5.74) is 2.04. The van der Waals surface area contributed by atoms with E-state index >= 15 is 0 Å². The van der Waals surface area contributed by atoms with Crippen LogP contribution in [0.4, 0.5) is 5.69 Å². The zero-order valence-electron chi connectivity index (χ0n) is 5.91. The van der Waals surface area contributed by atoms with E-state index in [1.54, 1.807) is 12.4 Å². The molecule has 1 heterocycles. The molecule has 1 aromatic rings. The Hall–Kier alpha value is -1.57. The Labute approximate surface area is 65.3 Å². The zero-order chi connectivity index (χ0) is 7.52. The van der Waals surface area contributed by atoms with Crippen LogP contribution in [-0.4, -0.2) is 6.21 Å². The van der Waals surface area contributed by atoms with Gasteiger partial charge in [-0.1, -0.05) is 18.2 Å². The van der Waals surface area contributed by atoms with Crippen molar-refractivity contribution in [2.45, 2.75) is 0 Å². The largest absolute Gasteiger partial charge is 0.360 e. The lowest BCUT2D eigenvalue weighted by molar-refractivity contribution is 1.55. The van der Waals surface area contributed by atoms with Gasteiger partial charge in [0.15, 0.2) is 0 Å². The first-order valence-electron chi connectivity index (χ1n) is 3.43. The van der Waals surface area contributed by atoms with E-state index in [2.05, 4.69) is 16.5 Å². The first kappa shape index (κ1) is 6.16. The fraction of sp³-hybridized carbons (Fsp3) is 0. The van der Waals surface area contributed by atoms with E-state index in [1.807, 2.05) is 24.3 Å². The minimum atomic E-state index is 0.998. The molecule has 0 atom stereocenters. The van der Waals surface area contributed by atoms with Crippen LogP contribution in [0.3, 0.4) is 0 Å². The third kappa shape index (κ3) is 1.15. The van der Waals surface area contributed by atoms with Crippen molar-refractivity contribution in [2.24, 2.45) is 4.99 Å². The maximum atomic E-state index is 3.92. The molecule has 0 saturated carbocycles. The Morgan fingerprint density at radius 2 is 2.18 bits per heavy atom. The number of nitrogens with one attached hydrogen (secondary N) is 1. The van der Waals surface area contributed by atoms with Crippen LogP contribution < -0.4 is 5.32 Å². The molecule has 53 valence electrons. The van der Waals surface area contributed by atoms with Crippen LogP contribution in [0.5, 0.6) is 0 Å². The third-order valence-corrected chi connectivity index (χ3v) is 1.50. The molecule has 0 aliphatic carbocycles. The number of benzene rings is 1. The molecule has 1 N–H and O–H groups in total. The number of para-hydroxylation sites is 1. The average molecular weight is 143 g/mol. The van der Waals surface area contributed by atoms with Crippen molar-refractivity contribution >= 4 is 11.9 Å². The summed E-state index contributed by atoms with van der Waals surface area (Å²) in [6.07, 6.45) is 6.37. The highest BCUT2D eigenvalue weighted by molar-refractivity contribution is 5.88. The normalized spacial score (nSPS) is 13.5. The van der Waals surface area contributed by atoms with Crippen molar-refractivity contribution < 1.29 is 0 Å². The summed E-state index contributed by atoms with van der Waals surface area (Å²) in [6.45, 7) is 0. The van der Waals surface area contributed by atoms with E-state index in [1.165, 1.54) is 0 Å². The maximum absolute atomic E-state index is 3.92. The van der Waals surface area contributed by atoms with Gasteiger partial charge in [0.2, 0.25) is 0 Å². The van der Waals surface area contributed by atoms with Gasteiger partial charge in [-0.05, 0) is 6.07 Å². The fourth-order valence-electron chi connectivity index (χ4n) is 0.978. The lowest BCUT2D eigenvalue weighted by Crippen LogP contribution is -1.89. The van der Waals surface area contributed by atoms with Crippen molar-refractivity contribution in [3.63, 3.8) is 0 Å². The standard InChI is InChI=1S/C9H7N2/c1-2-4-9-8(3-1)7-10-5-6-11-9/h1-6,11H. The number of anilines is 1. The van der Waals surface area contributed by atoms with Crippen LogP contribution in [0.15, 0.2) is 41.7 Å². The summed E-state index contributed by atoms with van der Waals surface area (Å²) in [5, 5.41) is 3.09. The summed E-state index contributed by atoms with van der Waals surface area (Å²) < 4.78 is 0. The molecule has 0 unspecified atom stereocenters. The van der Waals surface area contributed by atoms with Gasteiger partial charge < -0.3 is 5.32 Å². The van der Waals surface area contributed by atoms with Gasteiger partial charge in [-0.15, -0.1) is 0 Å². The summed E-state index contributed by atoms with van der Waals surface area (Å²) in [4.78, 5) is 3.92. The number of hydrogen-bond acceptors (Lipinski definition) is 2. The average Bonchev–Trinajstić information content (AvgIpc) is 2.28. The van der Waals surface area contributed by atoms with Crippen molar-refractivity contribution in [2.75, 3.05) is 5.32 Å². The molecule has 0 fully saturated rings. The van der Waals surface area contributed by atoms with Gasteiger partial charge in [-0.2, -0.15) is 0 Å². The second kappa shape index (κ2) is 2.58. The third-order valence-electron chi connectivity index (χ3n) is 1.50. The first-order valence-corrected chi connectivity index (χ1v) is 3.43. The van der Waals surface area contributed by atoms with Crippen LogP contribution in [0.25, 0.3) is 0 Å². The predicted molar refractivity (Wildman–Crippen MR) is 45.7 cm³/mol. The minimum Gasteiger partial charge on any atom is -0.360 e. The van der Waals surface area contributed by atoms with E-state index in [0.29, 0.717) is 0 Å². The number of hydrogen-bond donors (Lipinski definition) is 1. The molecule has 0 bridgehead atoms. The Morgan fingerprint density at radius 1 is 1.27 bits per heavy atom. The van der Waals surface area contributed by atoms with Gasteiger partial charge >= 0.3 is 0 Å². The molecular formula is C9H7N2. The van der Waals surface area contributed by atoms with Crippen LogP contribution in [0, 0.1) is 0 Å². The topological polar surface area (TPSA) is 24.4 Å². The molecule has 1 aliphatic heterocycles. The molecule has 0 amide bonds. The molecule has 0 saturated heterocycles. The minimum absolute atomic E-state index is 0.998. The first-order chi connectivity index (χ1) is 5.47. The fourth-order valence-corrected chi connectivity index (χ4v) is 0.978. The van der Waals surface area contributed by atoms with Gasteiger partial charge in [-0.3, -0.25) is 4.99 Å². The van der Waals surface area contributed by atoms with Gasteiger partial charge in [0.25, 0.3) is 0 Å². The molecule has 1 radical (unpaired) electrons. The SMILES string of the molecule is [C]1=NC=CNc2ccccc21. The van der Waals surface area contributed by atoms with Gasteiger partial charge in [-0.25, -0.2) is 0 Å². The molecule has 2 nitrogen and oxygen atoms in total. The summed E-state index contributed by atoms with van der Waals surface area (Å²) in [6, 6.07) is 7.91. The molecule has 0 aromatic heterocycles. The highest BCUT2D eigenvalue weighted by Crippen LogP contribution is 2.13. The van der Waals surface area contributed by atoms with Crippen molar-refractivity contribution in [3.8, 4) is 0 Å². The molecule has 2 heteroatoms. The Bertz CT molecular complexity index is 313. The van der Waals surface area contributed by atoms with E-state index in [9.17, 15) is 0 Å².